The Morgan fingerprint density at radius 1 is 1.46 bits per heavy atom. The Morgan fingerprint density at radius 3 is 2.85 bits per heavy atom. The number of carbonyl (C=O) groups is 2. The lowest BCUT2D eigenvalue weighted by atomic mass is 10.2. The van der Waals surface area contributed by atoms with Gasteiger partial charge in [0.25, 0.3) is 5.56 Å². The van der Waals surface area contributed by atoms with Crippen LogP contribution in [0.1, 0.15) is 26.5 Å². The van der Waals surface area contributed by atoms with Gasteiger partial charge in [0.05, 0.1) is 0 Å². The number of fused-ring (bicyclic) bond motifs is 1. The van der Waals surface area contributed by atoms with Gasteiger partial charge in [-0.1, -0.05) is 11.3 Å². The SMILES string of the molecule is CC(=O)OC[C@H]1O[C@@H](n2c(=S)sc3c(=O)[nH]c(N)nc32)C[C@@H]1OC(C)=O. The number of thiazole rings is 1. The van der Waals surface area contributed by atoms with E-state index in [9.17, 15) is 14.4 Å². The number of nitrogens with one attached hydrogen (secondary N) is 1. The van der Waals surface area contributed by atoms with Gasteiger partial charge in [-0.3, -0.25) is 23.9 Å². The van der Waals surface area contributed by atoms with Crippen LogP contribution in [-0.4, -0.2) is 45.3 Å². The summed E-state index contributed by atoms with van der Waals surface area (Å²) in [6.45, 7) is 2.48. The predicted octanol–water partition coefficient (Wildman–Crippen LogP) is 0.880. The molecule has 1 saturated heterocycles. The van der Waals surface area contributed by atoms with Gasteiger partial charge in [-0.05, 0) is 12.2 Å². The highest BCUT2D eigenvalue weighted by Crippen LogP contribution is 2.35. The molecule has 1 aliphatic rings. The Labute approximate surface area is 155 Å². The Hall–Kier alpha value is -2.31. The Balaban J connectivity index is 1.96. The van der Waals surface area contributed by atoms with Gasteiger partial charge < -0.3 is 19.9 Å². The highest BCUT2D eigenvalue weighted by molar-refractivity contribution is 7.73. The van der Waals surface area contributed by atoms with Crippen LogP contribution in [0, 0.1) is 3.95 Å². The Bertz CT molecular complexity index is 980. The summed E-state index contributed by atoms with van der Waals surface area (Å²) in [5, 5.41) is 0. The molecule has 0 aromatic carbocycles. The number of H-pyrrole nitrogens is 1. The second-order valence-electron chi connectivity index (χ2n) is 5.66. The number of aromatic nitrogens is 3. The molecule has 1 fully saturated rings. The molecule has 0 radical (unpaired) electrons. The van der Waals surface area contributed by atoms with E-state index < -0.39 is 35.9 Å². The lowest BCUT2D eigenvalue weighted by Gasteiger charge is -2.17. The third kappa shape index (κ3) is 3.61. The maximum absolute atomic E-state index is 12.0. The quantitative estimate of drug-likeness (QED) is 0.565. The summed E-state index contributed by atoms with van der Waals surface area (Å²) in [4.78, 5) is 41.0. The molecule has 10 nitrogen and oxygen atoms in total. The Kier molecular flexibility index (Phi) is 5.07. The summed E-state index contributed by atoms with van der Waals surface area (Å²) in [6.07, 6.45) is -1.67. The van der Waals surface area contributed by atoms with Gasteiger partial charge in [0.2, 0.25) is 5.95 Å². The molecular weight excluding hydrogens is 384 g/mol. The van der Waals surface area contributed by atoms with Gasteiger partial charge in [-0.25, -0.2) is 0 Å². The first-order valence-electron chi connectivity index (χ1n) is 7.63. The molecule has 3 heterocycles. The van der Waals surface area contributed by atoms with Crippen LogP contribution in [0.4, 0.5) is 5.95 Å². The minimum absolute atomic E-state index is 0.0463. The highest BCUT2D eigenvalue weighted by Gasteiger charge is 2.40. The van der Waals surface area contributed by atoms with Crippen molar-refractivity contribution in [2.75, 3.05) is 12.3 Å². The minimum atomic E-state index is -0.663. The predicted molar refractivity (Wildman–Crippen MR) is 94.2 cm³/mol. The van der Waals surface area contributed by atoms with E-state index in [2.05, 4.69) is 9.97 Å². The Morgan fingerprint density at radius 2 is 2.19 bits per heavy atom. The molecule has 0 amide bonds. The van der Waals surface area contributed by atoms with Crippen LogP contribution in [0.15, 0.2) is 4.79 Å². The molecule has 2 aromatic heterocycles. The average Bonchev–Trinajstić information content (AvgIpc) is 3.05. The van der Waals surface area contributed by atoms with E-state index in [0.29, 0.717) is 14.3 Å². The van der Waals surface area contributed by atoms with E-state index >= 15 is 0 Å². The smallest absolute Gasteiger partial charge is 0.303 e. The number of nitrogen functional groups attached to an aromatic ring is 1. The number of anilines is 1. The molecule has 12 heteroatoms. The maximum atomic E-state index is 12.0. The summed E-state index contributed by atoms with van der Waals surface area (Å²) in [5.74, 6) is -1.00. The third-order valence-electron chi connectivity index (χ3n) is 3.73. The summed E-state index contributed by atoms with van der Waals surface area (Å²) in [5.41, 5.74) is 5.52. The highest BCUT2D eigenvalue weighted by atomic mass is 32.1. The van der Waals surface area contributed by atoms with Crippen molar-refractivity contribution >= 4 is 51.8 Å². The molecule has 0 spiro atoms. The number of ether oxygens (including phenoxy) is 3. The molecule has 0 unspecified atom stereocenters. The van der Waals surface area contributed by atoms with Crippen molar-refractivity contribution < 1.29 is 23.8 Å². The van der Waals surface area contributed by atoms with Gasteiger partial charge in [0.1, 0.15) is 29.7 Å². The van der Waals surface area contributed by atoms with Crippen molar-refractivity contribution in [2.45, 2.75) is 38.7 Å². The largest absolute Gasteiger partial charge is 0.463 e. The first kappa shape index (κ1) is 18.5. The molecule has 2 aromatic rings. The number of carbonyl (C=O) groups excluding carboxylic acids is 2. The van der Waals surface area contributed by atoms with Crippen LogP contribution in [0.5, 0.6) is 0 Å². The van der Waals surface area contributed by atoms with Crippen molar-refractivity contribution in [3.63, 3.8) is 0 Å². The van der Waals surface area contributed by atoms with E-state index in [0.717, 1.165) is 11.3 Å². The van der Waals surface area contributed by atoms with Crippen molar-refractivity contribution in [1.82, 2.24) is 14.5 Å². The van der Waals surface area contributed by atoms with Crippen LogP contribution in [0.25, 0.3) is 10.3 Å². The molecule has 26 heavy (non-hydrogen) atoms. The molecule has 0 aliphatic carbocycles. The van der Waals surface area contributed by atoms with Crippen molar-refractivity contribution in [3.8, 4) is 0 Å². The van der Waals surface area contributed by atoms with Crippen LogP contribution in [0.2, 0.25) is 0 Å². The number of aromatic amines is 1. The lowest BCUT2D eigenvalue weighted by Crippen LogP contribution is -2.31. The minimum Gasteiger partial charge on any atom is -0.463 e. The van der Waals surface area contributed by atoms with Gasteiger partial charge in [0.15, 0.2) is 9.60 Å². The van der Waals surface area contributed by atoms with E-state index in [1.54, 1.807) is 4.57 Å². The first-order chi connectivity index (χ1) is 12.3. The molecular formula is C14H16N4O6S2. The summed E-state index contributed by atoms with van der Waals surface area (Å²) in [7, 11) is 0. The van der Waals surface area contributed by atoms with Gasteiger partial charge in [0, 0.05) is 20.3 Å². The van der Waals surface area contributed by atoms with Crippen molar-refractivity contribution in [1.29, 1.82) is 0 Å². The summed E-state index contributed by atoms with van der Waals surface area (Å²) >= 11 is 6.42. The van der Waals surface area contributed by atoms with Crippen LogP contribution in [-0.2, 0) is 23.8 Å². The zero-order valence-corrected chi connectivity index (χ0v) is 15.5. The fraction of sp³-hybridized carbons (Fsp3) is 0.500. The van der Waals surface area contributed by atoms with E-state index in [1.807, 2.05) is 0 Å². The fourth-order valence-electron chi connectivity index (χ4n) is 2.74. The van der Waals surface area contributed by atoms with Crippen molar-refractivity contribution in [3.05, 3.63) is 14.3 Å². The first-order valence-corrected chi connectivity index (χ1v) is 8.85. The number of hydrogen-bond donors (Lipinski definition) is 2. The maximum Gasteiger partial charge on any atom is 0.303 e. The number of hydrogen-bond acceptors (Lipinski definition) is 10. The fourth-order valence-corrected chi connectivity index (χ4v) is 4.05. The molecule has 3 atom stereocenters. The number of nitrogens with zero attached hydrogens (tertiary/aromatic N) is 2. The summed E-state index contributed by atoms with van der Waals surface area (Å²) in [6, 6.07) is 0. The zero-order valence-electron chi connectivity index (χ0n) is 13.9. The summed E-state index contributed by atoms with van der Waals surface area (Å²) < 4.78 is 18.4. The third-order valence-corrected chi connectivity index (χ3v) is 5.12. The van der Waals surface area contributed by atoms with Gasteiger partial charge >= 0.3 is 11.9 Å². The number of nitrogens with two attached hydrogens (primary N) is 1. The molecule has 0 bridgehead atoms. The molecule has 1 aliphatic heterocycles. The van der Waals surface area contributed by atoms with Crippen molar-refractivity contribution in [2.24, 2.45) is 0 Å². The second-order valence-corrected chi connectivity index (χ2v) is 7.30. The van der Waals surface area contributed by atoms with E-state index in [-0.39, 0.29) is 19.0 Å². The molecule has 0 saturated carbocycles. The number of esters is 2. The zero-order chi connectivity index (χ0) is 19.0. The van der Waals surface area contributed by atoms with Crippen LogP contribution >= 0.6 is 23.6 Å². The monoisotopic (exact) mass is 400 g/mol. The van der Waals surface area contributed by atoms with E-state index in [1.165, 1.54) is 13.8 Å². The normalized spacial score (nSPS) is 22.5. The van der Waals surface area contributed by atoms with Gasteiger partial charge in [-0.2, -0.15) is 4.98 Å². The molecule has 3 rings (SSSR count). The van der Waals surface area contributed by atoms with Crippen LogP contribution < -0.4 is 11.3 Å². The standard InChI is InChI=1S/C14H16N4O6S2/c1-5(19)22-4-8-7(23-6(2)20)3-9(24-8)18-11-10(26-14(18)25)12(21)17-13(15)16-11/h7-9H,3-4H2,1-2H3,(H3,15,16,17,21)/t7-,8+,9+/m0/s1. The number of rotatable bonds is 4. The average molecular weight is 400 g/mol. The van der Waals surface area contributed by atoms with E-state index in [4.69, 9.17) is 32.2 Å². The topological polar surface area (TPSA) is 139 Å². The van der Waals surface area contributed by atoms with Gasteiger partial charge in [-0.15, -0.1) is 0 Å². The lowest BCUT2D eigenvalue weighted by molar-refractivity contribution is -0.155. The van der Waals surface area contributed by atoms with Crippen LogP contribution in [0.3, 0.4) is 0 Å². The second kappa shape index (κ2) is 7.13. The molecule has 140 valence electrons. The molecule has 3 N–H and O–H groups in total.